The minimum Gasteiger partial charge on any atom is -0.493 e. The van der Waals surface area contributed by atoms with Crippen LogP contribution < -0.4 is 14.8 Å². The normalized spacial score (nSPS) is 15.3. The molecule has 3 rings (SSSR count). The monoisotopic (exact) mass is 469 g/mol. The molecule has 1 fully saturated rings. The molecule has 0 heterocycles. The molecular weight excluding hydrogens is 445 g/mol. The quantitative estimate of drug-likeness (QED) is 0.460. The smallest absolute Gasteiger partial charge is 0.162 e. The van der Waals surface area contributed by atoms with Gasteiger partial charge < -0.3 is 14.8 Å². The van der Waals surface area contributed by atoms with Crippen LogP contribution in [0.4, 0.5) is 4.39 Å². The molecule has 1 N–H and O–H groups in total. The van der Waals surface area contributed by atoms with E-state index < -0.39 is 0 Å². The Labute approximate surface area is 179 Å². The van der Waals surface area contributed by atoms with E-state index in [1.807, 2.05) is 12.1 Å². The van der Waals surface area contributed by atoms with E-state index in [0.29, 0.717) is 22.6 Å². The molecule has 1 aliphatic rings. The molecule has 0 atom stereocenters. The predicted octanol–water partition coefficient (Wildman–Crippen LogP) is 6.64. The Morgan fingerprint density at radius 3 is 2.50 bits per heavy atom. The first-order valence-corrected chi connectivity index (χ1v) is 10.9. The van der Waals surface area contributed by atoms with Crippen molar-refractivity contribution in [2.45, 2.75) is 57.7 Å². The van der Waals surface area contributed by atoms with Crippen molar-refractivity contribution in [1.82, 2.24) is 5.32 Å². The second-order valence-corrected chi connectivity index (χ2v) is 8.45. The van der Waals surface area contributed by atoms with Gasteiger partial charge in [-0.1, -0.05) is 59.3 Å². The zero-order valence-electron chi connectivity index (χ0n) is 16.1. The number of hydrogen-bond acceptors (Lipinski definition) is 3. The fourth-order valence-electron chi connectivity index (χ4n) is 3.52. The van der Waals surface area contributed by atoms with Gasteiger partial charge in [-0.2, -0.15) is 0 Å². The van der Waals surface area contributed by atoms with Crippen molar-refractivity contribution in [3.63, 3.8) is 0 Å². The molecule has 1 aliphatic carbocycles. The van der Waals surface area contributed by atoms with Gasteiger partial charge in [-0.25, -0.2) is 4.39 Å². The topological polar surface area (TPSA) is 30.5 Å². The summed E-state index contributed by atoms with van der Waals surface area (Å²) < 4.78 is 25.6. The van der Waals surface area contributed by atoms with E-state index in [-0.39, 0.29) is 12.4 Å². The summed E-state index contributed by atoms with van der Waals surface area (Å²) in [4.78, 5) is 0. The number of benzene rings is 2. The van der Waals surface area contributed by atoms with Gasteiger partial charge >= 0.3 is 0 Å². The summed E-state index contributed by atoms with van der Waals surface area (Å²) >= 11 is 9.73. The lowest BCUT2D eigenvalue weighted by Gasteiger charge is -2.18. The summed E-state index contributed by atoms with van der Waals surface area (Å²) in [7, 11) is 1.63. The van der Waals surface area contributed by atoms with Gasteiger partial charge in [0.25, 0.3) is 0 Å². The number of ether oxygens (including phenoxy) is 2. The number of hydrogen-bond donors (Lipinski definition) is 1. The Morgan fingerprint density at radius 1 is 1.07 bits per heavy atom. The van der Waals surface area contributed by atoms with Gasteiger partial charge in [0.05, 0.1) is 12.1 Å². The minimum absolute atomic E-state index is 0.238. The van der Waals surface area contributed by atoms with Crippen LogP contribution in [0.2, 0.25) is 5.02 Å². The highest BCUT2D eigenvalue weighted by atomic mass is 79.9. The van der Waals surface area contributed by atoms with Crippen molar-refractivity contribution >= 4 is 27.5 Å². The summed E-state index contributed by atoms with van der Waals surface area (Å²) in [5, 5.41) is 4.03. The van der Waals surface area contributed by atoms with Crippen LogP contribution >= 0.6 is 27.5 Å². The maximum atomic E-state index is 13.2. The van der Waals surface area contributed by atoms with Gasteiger partial charge in [-0.05, 0) is 42.7 Å². The SMILES string of the molecule is COc1cc(CNC2CCCCCC2)c(Br)cc1OCc1ccc(F)cc1Cl. The average molecular weight is 471 g/mol. The minimum atomic E-state index is -0.361. The van der Waals surface area contributed by atoms with Crippen molar-refractivity contribution in [3.05, 3.63) is 56.8 Å². The number of rotatable bonds is 7. The van der Waals surface area contributed by atoms with E-state index in [1.165, 1.54) is 50.7 Å². The lowest BCUT2D eigenvalue weighted by Crippen LogP contribution is -2.28. The van der Waals surface area contributed by atoms with Crippen LogP contribution in [0.5, 0.6) is 11.5 Å². The third-order valence-corrected chi connectivity index (χ3v) is 6.26. The van der Waals surface area contributed by atoms with Crippen molar-refractivity contribution < 1.29 is 13.9 Å². The van der Waals surface area contributed by atoms with Crippen LogP contribution in [-0.4, -0.2) is 13.2 Å². The van der Waals surface area contributed by atoms with E-state index in [9.17, 15) is 4.39 Å². The molecule has 2 aromatic carbocycles. The predicted molar refractivity (Wildman–Crippen MR) is 115 cm³/mol. The Hall–Kier alpha value is -1.30. The Morgan fingerprint density at radius 2 is 1.82 bits per heavy atom. The first-order chi connectivity index (χ1) is 13.6. The summed E-state index contributed by atoms with van der Waals surface area (Å²) in [6.45, 7) is 1.02. The molecule has 0 spiro atoms. The van der Waals surface area contributed by atoms with Gasteiger partial charge in [0, 0.05) is 22.6 Å². The van der Waals surface area contributed by atoms with E-state index in [1.54, 1.807) is 13.2 Å². The highest BCUT2D eigenvalue weighted by Gasteiger charge is 2.15. The van der Waals surface area contributed by atoms with Gasteiger partial charge in [0.2, 0.25) is 0 Å². The van der Waals surface area contributed by atoms with Crippen LogP contribution in [0, 0.1) is 5.82 Å². The maximum absolute atomic E-state index is 13.2. The molecule has 0 aliphatic heterocycles. The Kier molecular flexibility index (Phi) is 8.00. The van der Waals surface area contributed by atoms with Crippen LogP contribution in [0.1, 0.15) is 49.7 Å². The standard InChI is InChI=1S/C22H26BrClFNO2/c1-27-21-10-16(13-26-18-6-4-2-3-5-7-18)19(23)12-22(21)28-14-15-8-9-17(25)11-20(15)24/h8-12,18,26H,2-7,13-14H2,1H3. The molecule has 0 saturated heterocycles. The third kappa shape index (κ3) is 5.85. The number of halogens is 3. The summed E-state index contributed by atoms with van der Waals surface area (Å²) in [5.74, 6) is 0.923. The van der Waals surface area contributed by atoms with E-state index >= 15 is 0 Å². The molecule has 28 heavy (non-hydrogen) atoms. The van der Waals surface area contributed by atoms with Crippen molar-refractivity contribution in [1.29, 1.82) is 0 Å². The van der Waals surface area contributed by atoms with Gasteiger partial charge in [0.15, 0.2) is 11.5 Å². The molecule has 152 valence electrons. The van der Waals surface area contributed by atoms with Crippen LogP contribution in [0.3, 0.4) is 0 Å². The number of nitrogens with one attached hydrogen (secondary N) is 1. The van der Waals surface area contributed by atoms with Gasteiger partial charge in [-0.15, -0.1) is 0 Å². The van der Waals surface area contributed by atoms with Crippen molar-refractivity contribution in [2.75, 3.05) is 7.11 Å². The molecule has 0 aromatic heterocycles. The fraction of sp³-hybridized carbons (Fsp3) is 0.455. The molecule has 1 saturated carbocycles. The lowest BCUT2D eigenvalue weighted by atomic mass is 10.1. The van der Waals surface area contributed by atoms with E-state index in [4.69, 9.17) is 21.1 Å². The Bertz CT molecular complexity index is 794. The highest BCUT2D eigenvalue weighted by molar-refractivity contribution is 9.10. The first-order valence-electron chi connectivity index (χ1n) is 9.73. The Balaban J connectivity index is 1.66. The molecule has 3 nitrogen and oxygen atoms in total. The largest absolute Gasteiger partial charge is 0.493 e. The summed E-state index contributed by atoms with van der Waals surface area (Å²) in [5.41, 5.74) is 1.86. The zero-order chi connectivity index (χ0) is 19.9. The molecule has 0 bridgehead atoms. The highest BCUT2D eigenvalue weighted by Crippen LogP contribution is 2.35. The first kappa shape index (κ1) is 21.4. The van der Waals surface area contributed by atoms with E-state index in [2.05, 4.69) is 21.2 Å². The lowest BCUT2D eigenvalue weighted by molar-refractivity contribution is 0.284. The molecular formula is C22H26BrClFNO2. The second kappa shape index (κ2) is 10.5. The third-order valence-electron chi connectivity index (χ3n) is 5.17. The molecule has 0 amide bonds. The molecule has 6 heteroatoms. The van der Waals surface area contributed by atoms with Crippen molar-refractivity contribution in [3.8, 4) is 11.5 Å². The molecule has 0 radical (unpaired) electrons. The van der Waals surface area contributed by atoms with Crippen LogP contribution in [0.15, 0.2) is 34.8 Å². The van der Waals surface area contributed by atoms with Crippen LogP contribution in [-0.2, 0) is 13.2 Å². The molecule has 0 unspecified atom stereocenters. The zero-order valence-corrected chi connectivity index (χ0v) is 18.4. The summed E-state index contributed by atoms with van der Waals surface area (Å²) in [6, 6.07) is 8.78. The van der Waals surface area contributed by atoms with Crippen LogP contribution in [0.25, 0.3) is 0 Å². The van der Waals surface area contributed by atoms with Gasteiger partial charge in [0.1, 0.15) is 12.4 Å². The fourth-order valence-corrected chi connectivity index (χ4v) is 4.20. The summed E-state index contributed by atoms with van der Waals surface area (Å²) in [6.07, 6.45) is 7.80. The van der Waals surface area contributed by atoms with E-state index in [0.717, 1.165) is 22.1 Å². The van der Waals surface area contributed by atoms with Crippen molar-refractivity contribution in [2.24, 2.45) is 0 Å². The maximum Gasteiger partial charge on any atom is 0.162 e. The molecule has 2 aromatic rings. The average Bonchev–Trinajstić information content (AvgIpc) is 2.95. The van der Waals surface area contributed by atoms with Gasteiger partial charge in [-0.3, -0.25) is 0 Å². The second-order valence-electron chi connectivity index (χ2n) is 7.19. The number of methoxy groups -OCH3 is 1.